The highest BCUT2D eigenvalue weighted by atomic mass is 32.1. The lowest BCUT2D eigenvalue weighted by atomic mass is 10.1. The molecule has 0 atom stereocenters. The maximum absolute atomic E-state index is 13.5. The summed E-state index contributed by atoms with van der Waals surface area (Å²) in [6, 6.07) is 16.2. The monoisotopic (exact) mass is 462 g/mol. The van der Waals surface area contributed by atoms with Crippen LogP contribution in [0.1, 0.15) is 0 Å². The Balaban J connectivity index is 1.51. The van der Waals surface area contributed by atoms with Crippen LogP contribution in [-0.4, -0.2) is 41.1 Å². The molecule has 2 heterocycles. The molecule has 0 bridgehead atoms. The highest BCUT2D eigenvalue weighted by molar-refractivity contribution is 7.21. The highest BCUT2D eigenvalue weighted by Crippen LogP contribution is 2.41. The molecular weight excluding hydrogens is 443 g/mol. The van der Waals surface area contributed by atoms with Gasteiger partial charge in [-0.15, -0.1) is 21.5 Å². The molecule has 0 saturated carbocycles. The van der Waals surface area contributed by atoms with Crippen molar-refractivity contribution in [3.05, 3.63) is 66.7 Å². The van der Waals surface area contributed by atoms with Gasteiger partial charge in [0.25, 0.3) is 0 Å². The first-order valence-corrected chi connectivity index (χ1v) is 10.8. The fourth-order valence-corrected chi connectivity index (χ4v) is 4.61. The fourth-order valence-electron chi connectivity index (χ4n) is 3.62. The largest absolute Gasteiger partial charge is 0.493 e. The van der Waals surface area contributed by atoms with Crippen LogP contribution in [0.15, 0.2) is 60.9 Å². The molecule has 3 aromatic carbocycles. The molecule has 0 saturated heterocycles. The van der Waals surface area contributed by atoms with Crippen LogP contribution in [0.5, 0.6) is 17.2 Å². The van der Waals surface area contributed by atoms with E-state index in [-0.39, 0.29) is 5.82 Å². The van der Waals surface area contributed by atoms with Crippen LogP contribution < -0.4 is 14.2 Å². The van der Waals surface area contributed by atoms with Crippen molar-refractivity contribution in [2.75, 3.05) is 21.3 Å². The number of nitrogens with zero attached hydrogens (tertiary/aromatic N) is 4. The molecule has 166 valence electrons. The summed E-state index contributed by atoms with van der Waals surface area (Å²) >= 11 is 1.46. The van der Waals surface area contributed by atoms with E-state index in [4.69, 9.17) is 14.2 Å². The number of ether oxygens (including phenoxy) is 3. The second kappa shape index (κ2) is 8.51. The van der Waals surface area contributed by atoms with Gasteiger partial charge in [-0.2, -0.15) is 0 Å². The van der Waals surface area contributed by atoms with Gasteiger partial charge in [-0.05, 0) is 54.6 Å². The zero-order valence-corrected chi connectivity index (χ0v) is 18.9. The van der Waals surface area contributed by atoms with Crippen LogP contribution in [0, 0.1) is 5.82 Å². The summed E-state index contributed by atoms with van der Waals surface area (Å²) < 4.78 is 32.6. The predicted molar refractivity (Wildman–Crippen MR) is 125 cm³/mol. The molecule has 0 aliphatic carbocycles. The molecule has 0 radical (unpaired) electrons. The smallest absolute Gasteiger partial charge is 0.203 e. The molecule has 0 unspecified atom stereocenters. The quantitative estimate of drug-likeness (QED) is 0.338. The lowest BCUT2D eigenvalue weighted by Gasteiger charge is -2.14. The van der Waals surface area contributed by atoms with Crippen LogP contribution in [0.4, 0.5) is 4.39 Å². The predicted octanol–water partition coefficient (Wildman–Crippen LogP) is 5.38. The Labute approximate surface area is 193 Å². The third-order valence-corrected chi connectivity index (χ3v) is 6.28. The van der Waals surface area contributed by atoms with Crippen molar-refractivity contribution in [1.29, 1.82) is 0 Å². The molecule has 33 heavy (non-hydrogen) atoms. The van der Waals surface area contributed by atoms with Crippen molar-refractivity contribution in [2.24, 2.45) is 0 Å². The van der Waals surface area contributed by atoms with Crippen molar-refractivity contribution in [3.63, 3.8) is 0 Å². The van der Waals surface area contributed by atoms with Gasteiger partial charge in [0.05, 0.1) is 31.5 Å². The standard InChI is InChI=1S/C24H19FN4O3S/c1-30-19-10-15(11-20(31-2)22(19)32-3)23-28-26-13-29(23)17-7-4-14(5-8-17)24-27-18-9-6-16(25)12-21(18)33-24/h4-13H,1-3H3. The van der Waals surface area contributed by atoms with E-state index >= 15 is 0 Å². The van der Waals surface area contributed by atoms with Gasteiger partial charge < -0.3 is 14.2 Å². The van der Waals surface area contributed by atoms with Crippen molar-refractivity contribution < 1.29 is 18.6 Å². The van der Waals surface area contributed by atoms with E-state index in [9.17, 15) is 4.39 Å². The first-order chi connectivity index (χ1) is 16.1. The summed E-state index contributed by atoms with van der Waals surface area (Å²) in [5.41, 5.74) is 3.37. The molecule has 0 aliphatic heterocycles. The van der Waals surface area contributed by atoms with Gasteiger partial charge in [0.1, 0.15) is 17.2 Å². The normalized spacial score (nSPS) is 11.0. The molecule has 0 amide bonds. The molecule has 2 aromatic heterocycles. The average molecular weight is 463 g/mol. The zero-order valence-electron chi connectivity index (χ0n) is 18.1. The Kier molecular flexibility index (Phi) is 5.39. The molecule has 0 spiro atoms. The molecule has 0 fully saturated rings. The van der Waals surface area contributed by atoms with Gasteiger partial charge in [-0.25, -0.2) is 9.37 Å². The summed E-state index contributed by atoms with van der Waals surface area (Å²) in [4.78, 5) is 4.62. The zero-order chi connectivity index (χ0) is 22.9. The Hall–Kier alpha value is -3.98. The van der Waals surface area contributed by atoms with Gasteiger partial charge in [0.2, 0.25) is 5.75 Å². The van der Waals surface area contributed by atoms with E-state index in [2.05, 4.69) is 15.2 Å². The Morgan fingerprint density at radius 1 is 0.848 bits per heavy atom. The van der Waals surface area contributed by atoms with Crippen molar-refractivity contribution in [2.45, 2.75) is 0 Å². The fraction of sp³-hybridized carbons (Fsp3) is 0.125. The summed E-state index contributed by atoms with van der Waals surface area (Å²) in [5.74, 6) is 1.93. The van der Waals surface area contributed by atoms with Gasteiger partial charge >= 0.3 is 0 Å². The van der Waals surface area contributed by atoms with Crippen molar-refractivity contribution in [3.8, 4) is 44.9 Å². The van der Waals surface area contributed by atoms with Gasteiger partial charge in [-0.3, -0.25) is 4.57 Å². The number of methoxy groups -OCH3 is 3. The summed E-state index contributed by atoms with van der Waals surface area (Å²) in [5, 5.41) is 9.23. The van der Waals surface area contributed by atoms with Gasteiger partial charge in [-0.1, -0.05) is 0 Å². The topological polar surface area (TPSA) is 71.3 Å². The maximum atomic E-state index is 13.5. The SMILES string of the molecule is COc1cc(-c2nncn2-c2ccc(-c3nc4ccc(F)cc4s3)cc2)cc(OC)c1OC. The first kappa shape index (κ1) is 20.9. The van der Waals surface area contributed by atoms with Gasteiger partial charge in [0.15, 0.2) is 17.3 Å². The number of halogens is 1. The number of aromatic nitrogens is 4. The molecule has 9 heteroatoms. The molecule has 0 aliphatic rings. The van der Waals surface area contributed by atoms with E-state index in [1.807, 2.05) is 41.0 Å². The number of fused-ring (bicyclic) bond motifs is 1. The number of benzene rings is 3. The number of hydrogen-bond acceptors (Lipinski definition) is 7. The Bertz CT molecular complexity index is 1420. The molecule has 5 aromatic rings. The summed E-state index contributed by atoms with van der Waals surface area (Å²) in [6.45, 7) is 0. The van der Waals surface area contributed by atoms with Crippen LogP contribution in [-0.2, 0) is 0 Å². The number of thiazole rings is 1. The first-order valence-electron chi connectivity index (χ1n) is 9.98. The Morgan fingerprint density at radius 2 is 1.58 bits per heavy atom. The minimum Gasteiger partial charge on any atom is -0.493 e. The van der Waals surface area contributed by atoms with E-state index in [0.29, 0.717) is 23.1 Å². The van der Waals surface area contributed by atoms with Gasteiger partial charge in [0, 0.05) is 16.8 Å². The minimum atomic E-state index is -0.264. The van der Waals surface area contributed by atoms with E-state index < -0.39 is 0 Å². The minimum absolute atomic E-state index is 0.264. The number of rotatable bonds is 6. The van der Waals surface area contributed by atoms with Crippen molar-refractivity contribution in [1.82, 2.24) is 19.7 Å². The van der Waals surface area contributed by atoms with E-state index in [1.54, 1.807) is 33.7 Å². The Morgan fingerprint density at radius 3 is 2.24 bits per heavy atom. The summed E-state index contributed by atoms with van der Waals surface area (Å²) in [7, 11) is 4.70. The molecule has 5 rings (SSSR count). The third-order valence-electron chi connectivity index (χ3n) is 5.21. The van der Waals surface area contributed by atoms with E-state index in [0.717, 1.165) is 32.0 Å². The lowest BCUT2D eigenvalue weighted by molar-refractivity contribution is 0.324. The van der Waals surface area contributed by atoms with E-state index in [1.165, 1.54) is 23.5 Å². The van der Waals surface area contributed by atoms with Crippen LogP contribution in [0.3, 0.4) is 0 Å². The second-order valence-corrected chi connectivity index (χ2v) is 8.15. The lowest BCUT2D eigenvalue weighted by Crippen LogP contribution is -1.99. The molecule has 7 nitrogen and oxygen atoms in total. The maximum Gasteiger partial charge on any atom is 0.203 e. The highest BCUT2D eigenvalue weighted by Gasteiger charge is 2.18. The van der Waals surface area contributed by atoms with Crippen LogP contribution in [0.2, 0.25) is 0 Å². The van der Waals surface area contributed by atoms with Crippen LogP contribution in [0.25, 0.3) is 37.9 Å². The average Bonchev–Trinajstić information content (AvgIpc) is 3.50. The third kappa shape index (κ3) is 3.76. The molecule has 0 N–H and O–H groups in total. The second-order valence-electron chi connectivity index (χ2n) is 7.12. The molecular formula is C24H19FN4O3S. The summed E-state index contributed by atoms with van der Waals surface area (Å²) in [6.07, 6.45) is 1.65. The number of hydrogen-bond donors (Lipinski definition) is 0. The van der Waals surface area contributed by atoms with Crippen molar-refractivity contribution >= 4 is 21.6 Å². The van der Waals surface area contributed by atoms with Crippen LogP contribution >= 0.6 is 11.3 Å².